The molecule has 4 rings (SSSR count). The summed E-state index contributed by atoms with van der Waals surface area (Å²) in [6.07, 6.45) is 1.92. The van der Waals surface area contributed by atoms with Crippen LogP contribution < -0.4 is 10.6 Å². The second kappa shape index (κ2) is 6.84. The SMILES string of the molecule is O=C(Nc1ccc(NC(=O)C2CC2)cc1)c1cc(-c2ccccc2)on1. The molecule has 0 unspecified atom stereocenters. The standard InChI is InChI=1S/C20H17N3O3/c24-19(14-6-7-14)21-15-8-10-16(11-9-15)22-20(25)17-12-18(26-23-17)13-4-2-1-3-5-13/h1-5,8-12,14H,6-7H2,(H,21,24)(H,22,25). The second-order valence-corrected chi connectivity index (χ2v) is 6.24. The number of nitrogens with zero attached hydrogens (tertiary/aromatic N) is 1. The number of benzene rings is 2. The minimum Gasteiger partial charge on any atom is -0.355 e. The molecule has 0 saturated heterocycles. The van der Waals surface area contributed by atoms with Crippen LogP contribution in [0.25, 0.3) is 11.3 Å². The van der Waals surface area contributed by atoms with Gasteiger partial charge in [-0.05, 0) is 37.1 Å². The maximum atomic E-state index is 12.3. The average molecular weight is 347 g/mol. The summed E-state index contributed by atoms with van der Waals surface area (Å²) in [5.41, 5.74) is 2.39. The predicted molar refractivity (Wildman–Crippen MR) is 97.7 cm³/mol. The maximum absolute atomic E-state index is 12.3. The Kier molecular flexibility index (Phi) is 4.23. The molecule has 1 fully saturated rings. The highest BCUT2D eigenvalue weighted by Crippen LogP contribution is 2.30. The number of rotatable bonds is 5. The summed E-state index contributed by atoms with van der Waals surface area (Å²) in [7, 11) is 0. The number of amides is 2. The predicted octanol–water partition coefficient (Wildman–Crippen LogP) is 3.94. The van der Waals surface area contributed by atoms with E-state index in [0.29, 0.717) is 17.1 Å². The third-order valence-electron chi connectivity index (χ3n) is 4.16. The van der Waals surface area contributed by atoms with Gasteiger partial charge in [0, 0.05) is 28.9 Å². The van der Waals surface area contributed by atoms with Gasteiger partial charge in [0.2, 0.25) is 5.91 Å². The Labute approximate surface area is 150 Å². The highest BCUT2D eigenvalue weighted by atomic mass is 16.5. The minimum absolute atomic E-state index is 0.0535. The molecule has 6 heteroatoms. The molecular weight excluding hydrogens is 330 g/mol. The molecule has 0 aliphatic heterocycles. The van der Waals surface area contributed by atoms with Crippen molar-refractivity contribution in [2.24, 2.45) is 5.92 Å². The first-order chi connectivity index (χ1) is 12.7. The lowest BCUT2D eigenvalue weighted by Crippen LogP contribution is -2.14. The first-order valence-corrected chi connectivity index (χ1v) is 8.43. The maximum Gasteiger partial charge on any atom is 0.277 e. The van der Waals surface area contributed by atoms with Crippen molar-refractivity contribution in [3.63, 3.8) is 0 Å². The molecule has 1 aliphatic carbocycles. The summed E-state index contributed by atoms with van der Waals surface area (Å²) < 4.78 is 5.24. The van der Waals surface area contributed by atoms with E-state index in [0.717, 1.165) is 18.4 Å². The van der Waals surface area contributed by atoms with Crippen LogP contribution in [0.5, 0.6) is 0 Å². The van der Waals surface area contributed by atoms with Crippen LogP contribution in [0, 0.1) is 5.92 Å². The molecular formula is C20H17N3O3. The number of aromatic nitrogens is 1. The van der Waals surface area contributed by atoms with E-state index in [1.807, 2.05) is 30.3 Å². The number of anilines is 2. The fraction of sp³-hybridized carbons (Fsp3) is 0.150. The van der Waals surface area contributed by atoms with Crippen molar-refractivity contribution in [3.05, 3.63) is 66.4 Å². The molecule has 0 radical (unpaired) electrons. The molecule has 1 heterocycles. The van der Waals surface area contributed by atoms with Gasteiger partial charge in [-0.15, -0.1) is 0 Å². The Morgan fingerprint density at radius 3 is 2.23 bits per heavy atom. The summed E-state index contributed by atoms with van der Waals surface area (Å²) >= 11 is 0. The summed E-state index contributed by atoms with van der Waals surface area (Å²) in [5.74, 6) is 0.387. The fourth-order valence-electron chi connectivity index (χ4n) is 2.54. The molecule has 0 spiro atoms. The zero-order valence-corrected chi connectivity index (χ0v) is 13.9. The quantitative estimate of drug-likeness (QED) is 0.732. The van der Waals surface area contributed by atoms with Crippen LogP contribution in [0.2, 0.25) is 0 Å². The monoisotopic (exact) mass is 347 g/mol. The van der Waals surface area contributed by atoms with Crippen molar-refractivity contribution in [3.8, 4) is 11.3 Å². The summed E-state index contributed by atoms with van der Waals surface area (Å²) in [4.78, 5) is 24.1. The van der Waals surface area contributed by atoms with E-state index in [9.17, 15) is 9.59 Å². The third-order valence-corrected chi connectivity index (χ3v) is 4.16. The molecule has 6 nitrogen and oxygen atoms in total. The topological polar surface area (TPSA) is 84.2 Å². The molecule has 2 aromatic carbocycles. The van der Waals surface area contributed by atoms with Crippen LogP contribution in [0.3, 0.4) is 0 Å². The van der Waals surface area contributed by atoms with E-state index in [2.05, 4.69) is 15.8 Å². The molecule has 130 valence electrons. The zero-order chi connectivity index (χ0) is 17.9. The van der Waals surface area contributed by atoms with Crippen molar-refractivity contribution >= 4 is 23.2 Å². The lowest BCUT2D eigenvalue weighted by molar-refractivity contribution is -0.117. The Hall–Kier alpha value is -3.41. The van der Waals surface area contributed by atoms with E-state index in [4.69, 9.17) is 4.52 Å². The van der Waals surface area contributed by atoms with E-state index in [1.165, 1.54) is 0 Å². The summed E-state index contributed by atoms with van der Waals surface area (Å²) in [5, 5.41) is 9.45. The Balaban J connectivity index is 1.40. The van der Waals surface area contributed by atoms with E-state index in [-0.39, 0.29) is 23.4 Å². The normalized spacial score (nSPS) is 13.2. The number of carbonyl (C=O) groups is 2. The van der Waals surface area contributed by atoms with Crippen LogP contribution >= 0.6 is 0 Å². The Morgan fingerprint density at radius 1 is 0.923 bits per heavy atom. The molecule has 2 amide bonds. The van der Waals surface area contributed by atoms with Crippen molar-refractivity contribution < 1.29 is 14.1 Å². The van der Waals surface area contributed by atoms with Gasteiger partial charge in [-0.1, -0.05) is 35.5 Å². The number of nitrogens with one attached hydrogen (secondary N) is 2. The van der Waals surface area contributed by atoms with Crippen molar-refractivity contribution in [2.45, 2.75) is 12.8 Å². The van der Waals surface area contributed by atoms with Crippen molar-refractivity contribution in [1.82, 2.24) is 5.16 Å². The van der Waals surface area contributed by atoms with Crippen LogP contribution in [0.15, 0.2) is 65.2 Å². The van der Waals surface area contributed by atoms with E-state index < -0.39 is 0 Å². The van der Waals surface area contributed by atoms with Crippen LogP contribution in [0.1, 0.15) is 23.3 Å². The Morgan fingerprint density at radius 2 is 1.58 bits per heavy atom. The molecule has 1 saturated carbocycles. The zero-order valence-electron chi connectivity index (χ0n) is 13.9. The van der Waals surface area contributed by atoms with Gasteiger partial charge in [-0.2, -0.15) is 0 Å². The van der Waals surface area contributed by atoms with Gasteiger partial charge in [0.1, 0.15) is 0 Å². The molecule has 2 N–H and O–H groups in total. The lowest BCUT2D eigenvalue weighted by Gasteiger charge is -2.06. The number of hydrogen-bond donors (Lipinski definition) is 2. The van der Waals surface area contributed by atoms with Crippen molar-refractivity contribution in [2.75, 3.05) is 10.6 Å². The molecule has 0 bridgehead atoms. The van der Waals surface area contributed by atoms with Gasteiger partial charge in [0.25, 0.3) is 5.91 Å². The number of hydrogen-bond acceptors (Lipinski definition) is 4. The fourth-order valence-corrected chi connectivity index (χ4v) is 2.54. The molecule has 3 aromatic rings. The largest absolute Gasteiger partial charge is 0.355 e. The van der Waals surface area contributed by atoms with Gasteiger partial charge >= 0.3 is 0 Å². The van der Waals surface area contributed by atoms with Gasteiger partial charge in [0.05, 0.1) is 0 Å². The van der Waals surface area contributed by atoms with E-state index >= 15 is 0 Å². The third kappa shape index (κ3) is 3.64. The second-order valence-electron chi connectivity index (χ2n) is 6.24. The van der Waals surface area contributed by atoms with Gasteiger partial charge < -0.3 is 15.2 Å². The minimum atomic E-state index is -0.356. The Bertz CT molecular complexity index is 928. The smallest absolute Gasteiger partial charge is 0.277 e. The first-order valence-electron chi connectivity index (χ1n) is 8.43. The highest BCUT2D eigenvalue weighted by Gasteiger charge is 2.29. The van der Waals surface area contributed by atoms with Crippen LogP contribution in [-0.4, -0.2) is 17.0 Å². The highest BCUT2D eigenvalue weighted by molar-refractivity contribution is 6.03. The average Bonchev–Trinajstić information content (AvgIpc) is 3.41. The molecule has 1 aliphatic rings. The first kappa shape index (κ1) is 16.1. The summed E-state index contributed by atoms with van der Waals surface area (Å²) in [6, 6.07) is 18.1. The molecule has 26 heavy (non-hydrogen) atoms. The van der Waals surface area contributed by atoms with Crippen LogP contribution in [0.4, 0.5) is 11.4 Å². The lowest BCUT2D eigenvalue weighted by atomic mass is 10.1. The van der Waals surface area contributed by atoms with Gasteiger partial charge in [0.15, 0.2) is 11.5 Å². The van der Waals surface area contributed by atoms with Gasteiger partial charge in [-0.25, -0.2) is 0 Å². The van der Waals surface area contributed by atoms with E-state index in [1.54, 1.807) is 30.3 Å². The molecule has 0 atom stereocenters. The number of carbonyl (C=O) groups excluding carboxylic acids is 2. The van der Waals surface area contributed by atoms with Crippen molar-refractivity contribution in [1.29, 1.82) is 0 Å². The summed E-state index contributed by atoms with van der Waals surface area (Å²) in [6.45, 7) is 0. The van der Waals surface area contributed by atoms with Crippen LogP contribution in [-0.2, 0) is 4.79 Å². The van der Waals surface area contributed by atoms with Gasteiger partial charge in [-0.3, -0.25) is 9.59 Å². The molecule has 1 aromatic heterocycles.